The highest BCUT2D eigenvalue weighted by Crippen LogP contribution is 2.61. The lowest BCUT2D eigenvalue weighted by Gasteiger charge is -2.29. The van der Waals surface area contributed by atoms with Crippen LogP contribution in [-0.4, -0.2) is 27.3 Å². The third-order valence-electron chi connectivity index (χ3n) is 4.66. The van der Waals surface area contributed by atoms with Crippen molar-refractivity contribution in [1.82, 2.24) is 0 Å². The van der Waals surface area contributed by atoms with Gasteiger partial charge in [-0.2, -0.15) is 0 Å². The van der Waals surface area contributed by atoms with Crippen molar-refractivity contribution in [3.8, 4) is 0 Å². The van der Waals surface area contributed by atoms with Crippen LogP contribution in [0.1, 0.15) is 50.9 Å². The van der Waals surface area contributed by atoms with Crippen LogP contribution in [0.2, 0.25) is 0 Å². The second-order valence-corrected chi connectivity index (χ2v) is 9.42. The van der Waals surface area contributed by atoms with Gasteiger partial charge >= 0.3 is 7.60 Å². The summed E-state index contributed by atoms with van der Waals surface area (Å²) in [7, 11) is 0.563. The molecule has 0 spiro atoms. The molecule has 0 aliphatic rings. The number of benzene rings is 2. The van der Waals surface area contributed by atoms with E-state index >= 15 is 0 Å². The molecular weight excluding hydrogens is 383 g/mol. The van der Waals surface area contributed by atoms with Crippen LogP contribution >= 0.6 is 7.60 Å². The van der Waals surface area contributed by atoms with E-state index < -0.39 is 13.4 Å². The third-order valence-corrected chi connectivity index (χ3v) is 6.80. The minimum Gasteiger partial charge on any atom is -0.378 e. The Morgan fingerprint density at radius 1 is 0.897 bits per heavy atom. The van der Waals surface area contributed by atoms with Gasteiger partial charge in [0.1, 0.15) is 0 Å². The molecule has 5 nitrogen and oxygen atoms in total. The van der Waals surface area contributed by atoms with Crippen molar-refractivity contribution in [2.75, 3.05) is 37.5 Å². The van der Waals surface area contributed by atoms with Crippen molar-refractivity contribution in [2.45, 2.75) is 45.3 Å². The summed E-state index contributed by atoms with van der Waals surface area (Å²) in [6, 6.07) is 17.8. The zero-order valence-corrected chi connectivity index (χ0v) is 19.0. The Kier molecular flexibility index (Phi) is 9.72. The van der Waals surface area contributed by atoms with Gasteiger partial charge in [0, 0.05) is 25.5 Å². The van der Waals surface area contributed by atoms with Crippen molar-refractivity contribution in [3.63, 3.8) is 0 Å². The number of hydrogen-bond acceptors (Lipinski definition) is 5. The van der Waals surface area contributed by atoms with E-state index in [0.29, 0.717) is 13.2 Å². The molecule has 1 atom stereocenters. The molecule has 0 aromatic heterocycles. The van der Waals surface area contributed by atoms with Gasteiger partial charge < -0.3 is 19.3 Å². The zero-order valence-electron chi connectivity index (χ0n) is 18.1. The molecule has 0 radical (unpaired) electrons. The van der Waals surface area contributed by atoms with Gasteiger partial charge in [-0.05, 0) is 42.7 Å². The van der Waals surface area contributed by atoms with Crippen LogP contribution in [0.5, 0.6) is 0 Å². The molecule has 1 N–H and O–H groups in total. The van der Waals surface area contributed by atoms with Gasteiger partial charge in [-0.15, -0.1) is 0 Å². The number of unbranched alkanes of at least 4 members (excludes halogenated alkanes) is 2. The number of nitrogens with zero attached hydrogens (tertiary/aromatic N) is 1. The molecule has 0 saturated carbocycles. The highest BCUT2D eigenvalue weighted by Gasteiger charge is 2.37. The predicted molar refractivity (Wildman–Crippen MR) is 123 cm³/mol. The number of para-hydroxylation sites is 1. The average Bonchev–Trinajstić information content (AvgIpc) is 2.73. The molecule has 0 bridgehead atoms. The molecule has 2 rings (SSSR count). The summed E-state index contributed by atoms with van der Waals surface area (Å²) in [6.07, 6.45) is 3.64. The lowest BCUT2D eigenvalue weighted by molar-refractivity contribution is 0.194. The number of hydrogen-bond donors (Lipinski definition) is 1. The Bertz CT molecular complexity index is 736. The quantitative estimate of drug-likeness (QED) is 0.290. The predicted octanol–water partition coefficient (Wildman–Crippen LogP) is 6.69. The molecule has 0 aliphatic carbocycles. The van der Waals surface area contributed by atoms with Crippen LogP contribution in [-0.2, 0) is 13.6 Å². The molecule has 0 aliphatic heterocycles. The van der Waals surface area contributed by atoms with E-state index in [4.69, 9.17) is 9.05 Å². The van der Waals surface area contributed by atoms with Gasteiger partial charge in [-0.1, -0.05) is 57.0 Å². The second-order valence-electron chi connectivity index (χ2n) is 7.31. The molecule has 0 fully saturated rings. The Labute approximate surface area is 176 Å². The fourth-order valence-electron chi connectivity index (χ4n) is 2.85. The summed E-state index contributed by atoms with van der Waals surface area (Å²) in [5.74, 6) is -0.574. The number of anilines is 2. The van der Waals surface area contributed by atoms with E-state index in [2.05, 4.69) is 19.2 Å². The minimum atomic E-state index is -3.44. The molecule has 0 heterocycles. The van der Waals surface area contributed by atoms with E-state index in [1.54, 1.807) is 0 Å². The van der Waals surface area contributed by atoms with Crippen molar-refractivity contribution >= 4 is 19.0 Å². The van der Waals surface area contributed by atoms with Gasteiger partial charge in [-0.3, -0.25) is 4.57 Å². The molecule has 2 aromatic rings. The van der Waals surface area contributed by atoms with E-state index in [9.17, 15) is 4.57 Å². The van der Waals surface area contributed by atoms with Crippen molar-refractivity contribution < 1.29 is 13.6 Å². The highest BCUT2D eigenvalue weighted by molar-refractivity contribution is 7.54. The first-order valence-electron chi connectivity index (χ1n) is 10.5. The summed E-state index contributed by atoms with van der Waals surface area (Å²) < 4.78 is 25.9. The molecular formula is C23H35N2O3P. The van der Waals surface area contributed by atoms with Crippen LogP contribution in [0.4, 0.5) is 11.4 Å². The monoisotopic (exact) mass is 418 g/mol. The SMILES string of the molecule is CCCCOP(=O)(OCCCC)C(Nc1ccccc1)c1ccc(N(C)C)cc1. The van der Waals surface area contributed by atoms with Gasteiger partial charge in [-0.25, -0.2) is 0 Å². The van der Waals surface area contributed by atoms with Crippen LogP contribution < -0.4 is 10.2 Å². The molecule has 160 valence electrons. The normalized spacial score (nSPS) is 12.6. The first-order chi connectivity index (χ1) is 14.0. The Morgan fingerprint density at radius 2 is 1.45 bits per heavy atom. The average molecular weight is 419 g/mol. The highest BCUT2D eigenvalue weighted by atomic mass is 31.2. The van der Waals surface area contributed by atoms with E-state index in [-0.39, 0.29) is 0 Å². The fraction of sp³-hybridized carbons (Fsp3) is 0.478. The van der Waals surface area contributed by atoms with Gasteiger partial charge in [0.25, 0.3) is 0 Å². The third kappa shape index (κ3) is 7.18. The first kappa shape index (κ1) is 23.5. The smallest absolute Gasteiger partial charge is 0.357 e. The number of nitrogens with one attached hydrogen (secondary N) is 1. The van der Waals surface area contributed by atoms with Crippen LogP contribution in [0.15, 0.2) is 54.6 Å². The molecule has 0 saturated heterocycles. The summed E-state index contributed by atoms with van der Waals surface area (Å²) in [5, 5.41) is 3.41. The van der Waals surface area contributed by atoms with E-state index in [1.807, 2.05) is 73.6 Å². The zero-order chi connectivity index (χ0) is 21.1. The Balaban J connectivity index is 2.38. The van der Waals surface area contributed by atoms with Crippen LogP contribution in [0, 0.1) is 0 Å². The first-order valence-corrected chi connectivity index (χ1v) is 12.1. The minimum absolute atomic E-state index is 0.419. The Morgan fingerprint density at radius 3 is 1.93 bits per heavy atom. The van der Waals surface area contributed by atoms with Crippen molar-refractivity contribution in [3.05, 3.63) is 60.2 Å². The summed E-state index contributed by atoms with van der Waals surface area (Å²) in [6.45, 7) is 5.02. The number of rotatable bonds is 13. The standard InChI is InChI=1S/C23H35N2O3P/c1-5-7-18-27-29(26,28-19-8-6-2)23(24-21-12-10-9-11-13-21)20-14-16-22(17-15-20)25(3)4/h9-17,23-24H,5-8,18-19H2,1-4H3. The van der Waals surface area contributed by atoms with Crippen LogP contribution in [0.3, 0.4) is 0 Å². The summed E-state index contributed by atoms with van der Waals surface area (Å²) in [4.78, 5) is 2.04. The van der Waals surface area contributed by atoms with Crippen molar-refractivity contribution in [1.29, 1.82) is 0 Å². The maximum Gasteiger partial charge on any atom is 0.357 e. The molecule has 1 unspecified atom stereocenters. The van der Waals surface area contributed by atoms with E-state index in [0.717, 1.165) is 42.6 Å². The maximum atomic E-state index is 14.0. The molecule has 2 aromatic carbocycles. The lowest BCUT2D eigenvalue weighted by Crippen LogP contribution is -2.16. The maximum absolute atomic E-state index is 14.0. The van der Waals surface area contributed by atoms with Gasteiger partial charge in [0.05, 0.1) is 13.2 Å². The van der Waals surface area contributed by atoms with Crippen molar-refractivity contribution in [2.24, 2.45) is 0 Å². The second kappa shape index (κ2) is 12.0. The van der Waals surface area contributed by atoms with Gasteiger partial charge in [0.15, 0.2) is 5.78 Å². The topological polar surface area (TPSA) is 50.8 Å². The summed E-state index contributed by atoms with van der Waals surface area (Å²) in [5.41, 5.74) is 2.85. The fourth-order valence-corrected chi connectivity index (χ4v) is 4.83. The molecule has 6 heteroatoms. The lowest BCUT2D eigenvalue weighted by atomic mass is 10.2. The molecule has 0 amide bonds. The Hall–Kier alpha value is -1.81. The summed E-state index contributed by atoms with van der Waals surface area (Å²) >= 11 is 0. The van der Waals surface area contributed by atoms with Gasteiger partial charge in [0.2, 0.25) is 0 Å². The molecule has 29 heavy (non-hydrogen) atoms. The van der Waals surface area contributed by atoms with Crippen LogP contribution in [0.25, 0.3) is 0 Å². The van der Waals surface area contributed by atoms with E-state index in [1.165, 1.54) is 0 Å². The largest absolute Gasteiger partial charge is 0.378 e.